The third-order valence-electron chi connectivity index (χ3n) is 8.73. The summed E-state index contributed by atoms with van der Waals surface area (Å²) in [5, 5.41) is 4.63. The fourth-order valence-corrected chi connectivity index (χ4v) is 6.15. The summed E-state index contributed by atoms with van der Waals surface area (Å²) in [7, 11) is 0. The number of rotatable bonds is 7. The number of carbonyl (C=O) groups excluding carboxylic acids is 2. The number of anilines is 1. The fourth-order valence-electron chi connectivity index (χ4n) is 6.15. The summed E-state index contributed by atoms with van der Waals surface area (Å²) >= 11 is 0. The number of benzene rings is 3. The van der Waals surface area contributed by atoms with Crippen LogP contribution in [0.5, 0.6) is 0 Å². The van der Waals surface area contributed by atoms with Gasteiger partial charge in [-0.2, -0.15) is 5.10 Å². The lowest BCUT2D eigenvalue weighted by atomic mass is 9.64. The molecule has 2 aliphatic carbocycles. The Labute approximate surface area is 213 Å². The third-order valence-corrected chi connectivity index (χ3v) is 8.73. The van der Waals surface area contributed by atoms with Crippen LogP contribution in [-0.2, 0) is 22.7 Å². The molecule has 0 radical (unpaired) electrons. The topological polar surface area (TPSA) is 61.8 Å². The van der Waals surface area contributed by atoms with Crippen molar-refractivity contribution in [2.75, 3.05) is 5.43 Å². The van der Waals surface area contributed by atoms with Gasteiger partial charge in [-0.15, -0.1) is 0 Å². The lowest BCUT2D eigenvalue weighted by Gasteiger charge is -2.40. The number of fused-ring (bicyclic) bond motifs is 2. The number of hydrogen-bond acceptors (Lipinski definition) is 4. The van der Waals surface area contributed by atoms with Gasteiger partial charge < -0.3 is 4.90 Å². The number of Topliss-reactive ketones (excluding diaryl/α,β-unsaturated/α-hetero) is 1. The second-order valence-corrected chi connectivity index (χ2v) is 10.8. The maximum atomic E-state index is 14.6. The summed E-state index contributed by atoms with van der Waals surface area (Å²) in [4.78, 5) is 30.6. The van der Waals surface area contributed by atoms with Gasteiger partial charge in [0.2, 0.25) is 5.91 Å². The Kier molecular flexibility index (Phi) is 6.03. The highest BCUT2D eigenvalue weighted by molar-refractivity contribution is 6.50. The van der Waals surface area contributed by atoms with Crippen LogP contribution in [0.15, 0.2) is 96.1 Å². The molecule has 2 unspecified atom stereocenters. The zero-order valence-corrected chi connectivity index (χ0v) is 21.2. The first-order valence-electron chi connectivity index (χ1n) is 12.6. The third kappa shape index (κ3) is 3.65. The van der Waals surface area contributed by atoms with Crippen molar-refractivity contribution in [3.8, 4) is 0 Å². The first-order valence-corrected chi connectivity index (χ1v) is 12.6. The molecule has 184 valence electrons. The SMILES string of the molecule is CC12CCC(C(=O)N(Cc3ccccc3)Cc3ccccc3)(C(=O)C1=NNc1ccccc1)C2(C)C. The van der Waals surface area contributed by atoms with Crippen LogP contribution in [0.2, 0.25) is 0 Å². The average molecular weight is 480 g/mol. The van der Waals surface area contributed by atoms with Gasteiger partial charge in [0, 0.05) is 18.5 Å². The molecule has 0 aliphatic heterocycles. The number of amides is 1. The molecule has 2 aliphatic rings. The number of nitrogens with one attached hydrogen (secondary N) is 1. The zero-order valence-electron chi connectivity index (χ0n) is 21.2. The van der Waals surface area contributed by atoms with E-state index in [0.29, 0.717) is 25.2 Å². The van der Waals surface area contributed by atoms with Crippen LogP contribution in [0.25, 0.3) is 0 Å². The Balaban J connectivity index is 1.53. The van der Waals surface area contributed by atoms with Gasteiger partial charge >= 0.3 is 0 Å². The van der Waals surface area contributed by atoms with E-state index in [1.54, 1.807) is 0 Å². The Morgan fingerprint density at radius 2 is 1.31 bits per heavy atom. The molecule has 36 heavy (non-hydrogen) atoms. The summed E-state index contributed by atoms with van der Waals surface area (Å²) in [6.07, 6.45) is 1.29. The van der Waals surface area contributed by atoms with Gasteiger partial charge in [-0.25, -0.2) is 0 Å². The molecule has 0 heterocycles. The molecule has 2 fully saturated rings. The van der Waals surface area contributed by atoms with Crippen LogP contribution in [0.4, 0.5) is 5.69 Å². The monoisotopic (exact) mass is 479 g/mol. The van der Waals surface area contributed by atoms with E-state index in [4.69, 9.17) is 0 Å². The highest BCUT2D eigenvalue weighted by Gasteiger charge is 2.77. The van der Waals surface area contributed by atoms with E-state index in [-0.39, 0.29) is 11.7 Å². The number of hydrogen-bond donors (Lipinski definition) is 1. The first kappa shape index (κ1) is 24.0. The Bertz CT molecular complexity index is 1250. The number of nitrogens with zero attached hydrogens (tertiary/aromatic N) is 2. The van der Waals surface area contributed by atoms with Crippen molar-refractivity contribution in [1.29, 1.82) is 0 Å². The van der Waals surface area contributed by atoms with E-state index < -0.39 is 16.2 Å². The molecule has 0 aromatic heterocycles. The largest absolute Gasteiger partial charge is 0.333 e. The van der Waals surface area contributed by atoms with Gasteiger partial charge in [0.15, 0.2) is 5.78 Å². The molecule has 1 N–H and O–H groups in total. The number of hydrazone groups is 1. The standard InChI is InChI=1S/C31H33N3O2/c1-29(2)30(3)19-20-31(29,27(35)26(30)33-32-25-17-11-6-12-18-25)28(36)34(21-23-13-7-4-8-14-23)22-24-15-9-5-10-16-24/h4-18,32H,19-22H2,1-3H3. The van der Waals surface area contributed by atoms with Crippen molar-refractivity contribution < 1.29 is 9.59 Å². The molecular weight excluding hydrogens is 446 g/mol. The highest BCUT2D eigenvalue weighted by atomic mass is 16.2. The van der Waals surface area contributed by atoms with E-state index in [9.17, 15) is 9.59 Å². The lowest BCUT2D eigenvalue weighted by molar-refractivity contribution is -0.154. The molecule has 2 atom stereocenters. The van der Waals surface area contributed by atoms with Gasteiger partial charge in [-0.05, 0) is 41.5 Å². The second-order valence-electron chi connectivity index (χ2n) is 10.8. The summed E-state index contributed by atoms with van der Waals surface area (Å²) in [6, 6.07) is 29.6. The van der Waals surface area contributed by atoms with Crippen LogP contribution in [-0.4, -0.2) is 22.3 Å². The van der Waals surface area contributed by atoms with Crippen LogP contribution >= 0.6 is 0 Å². The molecule has 3 aromatic carbocycles. The molecular formula is C31H33N3O2. The Morgan fingerprint density at radius 3 is 1.83 bits per heavy atom. The predicted octanol–water partition coefficient (Wildman–Crippen LogP) is 6.08. The van der Waals surface area contributed by atoms with Crippen molar-refractivity contribution in [3.63, 3.8) is 0 Å². The molecule has 2 saturated carbocycles. The van der Waals surface area contributed by atoms with Crippen molar-refractivity contribution in [2.45, 2.75) is 46.7 Å². The van der Waals surface area contributed by atoms with Gasteiger partial charge in [0.25, 0.3) is 0 Å². The minimum Gasteiger partial charge on any atom is -0.333 e. The molecule has 0 spiro atoms. The average Bonchev–Trinajstić information content (AvgIpc) is 3.18. The maximum Gasteiger partial charge on any atom is 0.237 e. The predicted molar refractivity (Wildman–Crippen MR) is 143 cm³/mol. The van der Waals surface area contributed by atoms with E-state index in [2.05, 4.69) is 31.3 Å². The van der Waals surface area contributed by atoms with Crippen LogP contribution in [0.1, 0.15) is 44.7 Å². The Hall–Kier alpha value is -3.73. The highest BCUT2D eigenvalue weighted by Crippen LogP contribution is 2.69. The number of ketones is 1. The summed E-state index contributed by atoms with van der Waals surface area (Å²) in [5.74, 6) is -0.236. The van der Waals surface area contributed by atoms with Crippen molar-refractivity contribution in [1.82, 2.24) is 4.90 Å². The van der Waals surface area contributed by atoms with Crippen LogP contribution in [0.3, 0.4) is 0 Å². The molecule has 5 rings (SSSR count). The molecule has 5 nitrogen and oxygen atoms in total. The Morgan fingerprint density at radius 1 is 0.806 bits per heavy atom. The molecule has 5 heteroatoms. The van der Waals surface area contributed by atoms with E-state index in [0.717, 1.165) is 23.2 Å². The second kappa shape index (κ2) is 9.05. The van der Waals surface area contributed by atoms with Crippen LogP contribution in [0, 0.1) is 16.2 Å². The van der Waals surface area contributed by atoms with E-state index in [1.807, 2.05) is 95.9 Å². The minimum atomic E-state index is -1.14. The summed E-state index contributed by atoms with van der Waals surface area (Å²) in [5.41, 5.74) is 4.26. The first-order chi connectivity index (χ1) is 17.3. The fraction of sp³-hybridized carbons (Fsp3) is 0.323. The summed E-state index contributed by atoms with van der Waals surface area (Å²) < 4.78 is 0. The molecule has 0 saturated heterocycles. The van der Waals surface area contributed by atoms with E-state index >= 15 is 0 Å². The lowest BCUT2D eigenvalue weighted by Crippen LogP contribution is -2.51. The molecule has 2 bridgehead atoms. The maximum absolute atomic E-state index is 14.6. The van der Waals surface area contributed by atoms with Crippen molar-refractivity contribution in [2.24, 2.45) is 21.3 Å². The minimum absolute atomic E-state index is 0.0983. The molecule has 3 aromatic rings. The van der Waals surface area contributed by atoms with Gasteiger partial charge in [-0.3, -0.25) is 15.0 Å². The van der Waals surface area contributed by atoms with Crippen molar-refractivity contribution in [3.05, 3.63) is 102 Å². The van der Waals surface area contributed by atoms with Gasteiger partial charge in [0.05, 0.1) is 5.69 Å². The smallest absolute Gasteiger partial charge is 0.237 e. The number of carbonyl (C=O) groups is 2. The van der Waals surface area contributed by atoms with Gasteiger partial charge in [-0.1, -0.05) is 99.6 Å². The zero-order chi connectivity index (χ0) is 25.4. The summed E-state index contributed by atoms with van der Waals surface area (Å²) in [6.45, 7) is 7.14. The van der Waals surface area contributed by atoms with Crippen LogP contribution < -0.4 is 5.43 Å². The number of para-hydroxylation sites is 1. The molecule has 1 amide bonds. The van der Waals surface area contributed by atoms with Gasteiger partial charge in [0.1, 0.15) is 11.1 Å². The van der Waals surface area contributed by atoms with Crippen molar-refractivity contribution >= 4 is 23.1 Å². The normalized spacial score (nSPS) is 25.2. The quantitative estimate of drug-likeness (QED) is 0.330. The van der Waals surface area contributed by atoms with E-state index in [1.165, 1.54) is 0 Å².